The van der Waals surface area contributed by atoms with Gasteiger partial charge in [-0.3, -0.25) is 0 Å². The van der Waals surface area contributed by atoms with Gasteiger partial charge in [0, 0.05) is 39.3 Å². The van der Waals surface area contributed by atoms with E-state index in [-0.39, 0.29) is 0 Å². The van der Waals surface area contributed by atoms with Gasteiger partial charge in [0.1, 0.15) is 17.2 Å². The predicted molar refractivity (Wildman–Crippen MR) is 68.3 cm³/mol. The number of imidazole rings is 1. The molecule has 3 rings (SSSR count). The number of fused-ring (bicyclic) bond motifs is 1. The van der Waals surface area contributed by atoms with Crippen LogP contribution in [-0.4, -0.2) is 40.7 Å². The number of aryl methyl sites for hydroxylation is 2. The molecule has 90 valence electrons. The maximum absolute atomic E-state index is 4.51. The molecule has 0 bridgehead atoms. The highest BCUT2D eigenvalue weighted by molar-refractivity contribution is 5.78. The topological polar surface area (TPSA) is 46.0 Å². The Morgan fingerprint density at radius 2 is 2.06 bits per heavy atom. The van der Waals surface area contributed by atoms with Gasteiger partial charge in [0.05, 0.1) is 11.7 Å². The summed E-state index contributed by atoms with van der Waals surface area (Å²) in [6.45, 7) is 6.13. The van der Waals surface area contributed by atoms with Crippen LogP contribution >= 0.6 is 0 Å². The van der Waals surface area contributed by atoms with Crippen LogP contribution in [0.5, 0.6) is 0 Å². The quantitative estimate of drug-likeness (QED) is 0.784. The summed E-state index contributed by atoms with van der Waals surface area (Å²) in [5.41, 5.74) is 2.13. The molecular weight excluding hydrogens is 214 g/mol. The summed E-state index contributed by atoms with van der Waals surface area (Å²) in [7, 11) is 2.05. The molecule has 0 unspecified atom stereocenters. The van der Waals surface area contributed by atoms with E-state index in [1.165, 1.54) is 0 Å². The fourth-order valence-corrected chi connectivity index (χ4v) is 2.27. The number of pyridine rings is 1. The highest BCUT2D eigenvalue weighted by Gasteiger charge is 2.13. The van der Waals surface area contributed by atoms with Crippen molar-refractivity contribution in [2.45, 2.75) is 6.92 Å². The number of anilines is 1. The van der Waals surface area contributed by atoms with Crippen LogP contribution in [0.4, 0.5) is 5.82 Å². The van der Waals surface area contributed by atoms with Gasteiger partial charge in [-0.1, -0.05) is 0 Å². The summed E-state index contributed by atoms with van der Waals surface area (Å²) >= 11 is 0. The van der Waals surface area contributed by atoms with Crippen LogP contribution < -0.4 is 10.2 Å². The van der Waals surface area contributed by atoms with Crippen LogP contribution in [-0.2, 0) is 7.05 Å². The lowest BCUT2D eigenvalue weighted by Crippen LogP contribution is -2.43. The zero-order valence-corrected chi connectivity index (χ0v) is 10.3. The normalized spacial score (nSPS) is 16.7. The first-order valence-corrected chi connectivity index (χ1v) is 6.00. The molecule has 1 fully saturated rings. The number of hydrogen-bond acceptors (Lipinski definition) is 4. The Balaban J connectivity index is 2.02. The molecule has 1 aliphatic heterocycles. The summed E-state index contributed by atoms with van der Waals surface area (Å²) in [6, 6.07) is 2.14. The average molecular weight is 231 g/mol. The van der Waals surface area contributed by atoms with E-state index in [0.717, 1.165) is 48.9 Å². The lowest BCUT2D eigenvalue weighted by molar-refractivity contribution is 0.585. The number of piperazine rings is 1. The third-order valence-corrected chi connectivity index (χ3v) is 3.42. The molecule has 5 heteroatoms. The standard InChI is InChI=1S/C12H17N5/c1-9-15-10-8-14-12(7-11(10)16(9)2)17-5-3-13-4-6-17/h7-8,13H,3-6H2,1-2H3. The van der Waals surface area contributed by atoms with E-state index in [4.69, 9.17) is 0 Å². The molecule has 0 atom stereocenters. The minimum Gasteiger partial charge on any atom is -0.354 e. The van der Waals surface area contributed by atoms with Crippen molar-refractivity contribution in [1.82, 2.24) is 19.9 Å². The number of aromatic nitrogens is 3. The van der Waals surface area contributed by atoms with E-state index in [1.54, 1.807) is 0 Å². The molecule has 5 nitrogen and oxygen atoms in total. The van der Waals surface area contributed by atoms with Gasteiger partial charge in [-0.15, -0.1) is 0 Å². The van der Waals surface area contributed by atoms with Crippen LogP contribution in [0.2, 0.25) is 0 Å². The maximum atomic E-state index is 4.51. The van der Waals surface area contributed by atoms with Crippen molar-refractivity contribution in [2.75, 3.05) is 31.1 Å². The largest absolute Gasteiger partial charge is 0.354 e. The number of rotatable bonds is 1. The van der Waals surface area contributed by atoms with Gasteiger partial charge in [0.15, 0.2) is 0 Å². The average Bonchev–Trinajstić information content (AvgIpc) is 2.66. The first-order valence-electron chi connectivity index (χ1n) is 6.00. The van der Waals surface area contributed by atoms with Crippen LogP contribution in [0.25, 0.3) is 11.0 Å². The highest BCUT2D eigenvalue weighted by atomic mass is 15.2. The summed E-state index contributed by atoms with van der Waals surface area (Å²) in [5.74, 6) is 2.08. The minimum absolute atomic E-state index is 0.976. The maximum Gasteiger partial charge on any atom is 0.130 e. The second-order valence-corrected chi connectivity index (χ2v) is 4.49. The van der Waals surface area contributed by atoms with Gasteiger partial charge >= 0.3 is 0 Å². The molecule has 2 aromatic rings. The molecule has 0 aliphatic carbocycles. The number of nitrogens with one attached hydrogen (secondary N) is 1. The Morgan fingerprint density at radius 1 is 1.29 bits per heavy atom. The Kier molecular flexibility index (Phi) is 2.48. The Bertz CT molecular complexity index is 539. The van der Waals surface area contributed by atoms with Gasteiger partial charge in [-0.05, 0) is 6.92 Å². The van der Waals surface area contributed by atoms with Gasteiger partial charge < -0.3 is 14.8 Å². The van der Waals surface area contributed by atoms with Gasteiger partial charge in [-0.25, -0.2) is 9.97 Å². The van der Waals surface area contributed by atoms with Crippen molar-refractivity contribution in [3.05, 3.63) is 18.1 Å². The van der Waals surface area contributed by atoms with Crippen molar-refractivity contribution in [2.24, 2.45) is 7.05 Å². The first kappa shape index (κ1) is 10.5. The van der Waals surface area contributed by atoms with E-state index in [9.17, 15) is 0 Å². The van der Waals surface area contributed by atoms with Crippen molar-refractivity contribution in [3.8, 4) is 0 Å². The Labute approximate surface area is 100 Å². The van der Waals surface area contributed by atoms with Gasteiger partial charge in [-0.2, -0.15) is 0 Å². The number of hydrogen-bond donors (Lipinski definition) is 1. The lowest BCUT2D eigenvalue weighted by Gasteiger charge is -2.28. The SMILES string of the molecule is Cc1nc2cnc(N3CCNCC3)cc2n1C. The zero-order valence-electron chi connectivity index (χ0n) is 10.3. The zero-order chi connectivity index (χ0) is 11.8. The van der Waals surface area contributed by atoms with E-state index < -0.39 is 0 Å². The Hall–Kier alpha value is -1.62. The lowest BCUT2D eigenvalue weighted by atomic mass is 10.3. The first-order chi connectivity index (χ1) is 8.25. The highest BCUT2D eigenvalue weighted by Crippen LogP contribution is 2.19. The predicted octanol–water partition coefficient (Wildman–Crippen LogP) is 0.686. The molecule has 0 amide bonds. The monoisotopic (exact) mass is 231 g/mol. The van der Waals surface area contributed by atoms with Crippen LogP contribution in [0.1, 0.15) is 5.82 Å². The van der Waals surface area contributed by atoms with Crippen molar-refractivity contribution < 1.29 is 0 Å². The fraction of sp³-hybridized carbons (Fsp3) is 0.500. The third-order valence-electron chi connectivity index (χ3n) is 3.42. The summed E-state index contributed by atoms with van der Waals surface area (Å²) in [5, 5.41) is 3.35. The van der Waals surface area contributed by atoms with Crippen molar-refractivity contribution >= 4 is 16.9 Å². The van der Waals surface area contributed by atoms with Crippen LogP contribution in [0, 0.1) is 6.92 Å². The molecule has 2 aromatic heterocycles. The molecule has 0 saturated carbocycles. The molecule has 0 spiro atoms. The molecule has 17 heavy (non-hydrogen) atoms. The minimum atomic E-state index is 0.976. The van der Waals surface area contributed by atoms with E-state index in [2.05, 4.69) is 30.8 Å². The van der Waals surface area contributed by atoms with Crippen LogP contribution in [0.15, 0.2) is 12.3 Å². The second-order valence-electron chi connectivity index (χ2n) is 4.49. The summed E-state index contributed by atoms with van der Waals surface area (Å²) in [4.78, 5) is 11.3. The van der Waals surface area contributed by atoms with Crippen molar-refractivity contribution in [1.29, 1.82) is 0 Å². The molecular formula is C12H17N5. The molecule has 1 N–H and O–H groups in total. The Morgan fingerprint density at radius 3 is 2.82 bits per heavy atom. The van der Waals surface area contributed by atoms with E-state index in [1.807, 2.05) is 20.2 Å². The molecule has 0 aromatic carbocycles. The molecule has 1 aliphatic rings. The molecule has 0 radical (unpaired) electrons. The smallest absolute Gasteiger partial charge is 0.130 e. The summed E-state index contributed by atoms with van der Waals surface area (Å²) < 4.78 is 2.11. The fourth-order valence-electron chi connectivity index (χ4n) is 2.27. The van der Waals surface area contributed by atoms with Crippen molar-refractivity contribution in [3.63, 3.8) is 0 Å². The molecule has 3 heterocycles. The third kappa shape index (κ3) is 1.76. The summed E-state index contributed by atoms with van der Waals surface area (Å²) in [6.07, 6.45) is 1.87. The van der Waals surface area contributed by atoms with E-state index in [0.29, 0.717) is 0 Å². The van der Waals surface area contributed by atoms with Crippen LogP contribution in [0.3, 0.4) is 0 Å². The van der Waals surface area contributed by atoms with E-state index >= 15 is 0 Å². The molecule has 1 saturated heterocycles. The van der Waals surface area contributed by atoms with Gasteiger partial charge in [0.2, 0.25) is 0 Å². The number of nitrogens with zero attached hydrogens (tertiary/aromatic N) is 4. The van der Waals surface area contributed by atoms with Gasteiger partial charge in [0.25, 0.3) is 0 Å². The second kappa shape index (κ2) is 4.00.